The van der Waals surface area contributed by atoms with Crippen LogP contribution < -0.4 is 9.21 Å². The first-order valence-corrected chi connectivity index (χ1v) is 10.5. The van der Waals surface area contributed by atoms with Gasteiger partial charge in [0.2, 0.25) is 10.0 Å². The van der Waals surface area contributed by atoms with E-state index in [4.69, 9.17) is 0 Å². The predicted octanol–water partition coefficient (Wildman–Crippen LogP) is 3.43. The monoisotopic (exact) mass is 445 g/mol. The second kappa shape index (κ2) is 7.53. The minimum atomic E-state index is -4.71. The van der Waals surface area contributed by atoms with Crippen LogP contribution in [0.1, 0.15) is 23.2 Å². The topological polar surface area (TPSA) is 70.6 Å². The van der Waals surface area contributed by atoms with Crippen molar-refractivity contribution in [1.82, 2.24) is 4.98 Å². The third kappa shape index (κ3) is 4.11. The summed E-state index contributed by atoms with van der Waals surface area (Å²) in [4.78, 5) is 18.1. The van der Waals surface area contributed by atoms with Crippen LogP contribution in [0.2, 0.25) is 0 Å². The van der Waals surface area contributed by atoms with Crippen LogP contribution in [0.15, 0.2) is 30.3 Å². The van der Waals surface area contributed by atoms with Crippen LogP contribution in [0.3, 0.4) is 0 Å². The zero-order valence-electron chi connectivity index (χ0n) is 16.4. The predicted molar refractivity (Wildman–Crippen MR) is 103 cm³/mol. The lowest BCUT2D eigenvalue weighted by molar-refractivity contribution is -0.137. The molecule has 2 aromatic rings. The van der Waals surface area contributed by atoms with Crippen LogP contribution >= 0.6 is 0 Å². The Morgan fingerprint density at radius 3 is 2.50 bits per heavy atom. The Bertz CT molecular complexity index is 1100. The summed E-state index contributed by atoms with van der Waals surface area (Å²) >= 11 is 0. The maximum Gasteiger partial charge on any atom is 0.416 e. The average Bonchev–Trinajstić information content (AvgIpc) is 2.96. The number of amides is 1. The zero-order chi connectivity index (χ0) is 22.4. The molecule has 11 heteroatoms. The molecule has 0 N–H and O–H groups in total. The number of rotatable bonds is 3. The van der Waals surface area contributed by atoms with Crippen molar-refractivity contribution in [1.29, 1.82) is 0 Å². The van der Waals surface area contributed by atoms with Gasteiger partial charge >= 0.3 is 6.18 Å². The molecule has 1 aromatic heterocycles. The Balaban J connectivity index is 2.05. The first-order chi connectivity index (χ1) is 13.8. The number of aryl methyl sites for hydroxylation is 2. The molecular formula is C19H19F4N3O3S. The Morgan fingerprint density at radius 2 is 1.87 bits per heavy atom. The van der Waals surface area contributed by atoms with E-state index in [2.05, 4.69) is 4.98 Å². The second-order valence-corrected chi connectivity index (χ2v) is 9.06. The van der Waals surface area contributed by atoms with E-state index < -0.39 is 51.1 Å². The van der Waals surface area contributed by atoms with E-state index in [-0.39, 0.29) is 17.8 Å². The minimum absolute atomic E-state index is 0.0394. The summed E-state index contributed by atoms with van der Waals surface area (Å²) in [5.74, 6) is -2.17. The van der Waals surface area contributed by atoms with Gasteiger partial charge in [-0.1, -0.05) is 6.07 Å². The summed E-state index contributed by atoms with van der Waals surface area (Å²) in [6.45, 7) is 2.96. The molecule has 3 rings (SSSR count). The summed E-state index contributed by atoms with van der Waals surface area (Å²) in [7, 11) is -2.71. The van der Waals surface area contributed by atoms with Gasteiger partial charge in [-0.25, -0.2) is 22.1 Å². The van der Waals surface area contributed by atoms with Crippen molar-refractivity contribution < 1.29 is 30.8 Å². The number of hydrogen-bond acceptors (Lipinski definition) is 4. The van der Waals surface area contributed by atoms with Gasteiger partial charge in [-0.3, -0.25) is 4.79 Å². The third-order valence-electron chi connectivity index (χ3n) is 4.87. The zero-order valence-corrected chi connectivity index (χ0v) is 17.2. The van der Waals surface area contributed by atoms with E-state index in [9.17, 15) is 30.8 Å². The van der Waals surface area contributed by atoms with Gasteiger partial charge in [0, 0.05) is 18.4 Å². The normalized spacial score (nSPS) is 18.5. The number of nitrogens with zero attached hydrogens (tertiary/aromatic N) is 3. The molecule has 1 fully saturated rings. The van der Waals surface area contributed by atoms with Crippen LogP contribution in [0.25, 0.3) is 0 Å². The van der Waals surface area contributed by atoms with E-state index in [0.717, 1.165) is 17.0 Å². The molecule has 1 amide bonds. The van der Waals surface area contributed by atoms with Gasteiger partial charge in [0.25, 0.3) is 5.91 Å². The SMILES string of the molecule is Cc1cc(C(F)(F)F)cc(N2[C@H](C(=O)N(C)c3cc(F)ccc3C)CCS2(=O)=O)n1. The lowest BCUT2D eigenvalue weighted by Gasteiger charge is -2.28. The minimum Gasteiger partial charge on any atom is -0.313 e. The van der Waals surface area contributed by atoms with Crippen molar-refractivity contribution in [3.8, 4) is 0 Å². The maximum atomic E-state index is 13.7. The standard InChI is InChI=1S/C19H19F4N3O3S/c1-11-4-5-14(20)10-16(11)25(3)18(27)15-6-7-30(28,29)26(15)17-9-13(19(21,22)23)8-12(2)24-17/h4-5,8-10,15H,6-7H2,1-3H3/t15-/m0/s1. The number of pyridine rings is 1. The number of alkyl halides is 3. The van der Waals surface area contributed by atoms with E-state index in [1.165, 1.54) is 26.1 Å². The first-order valence-electron chi connectivity index (χ1n) is 8.93. The van der Waals surface area contributed by atoms with Gasteiger partial charge in [-0.2, -0.15) is 13.2 Å². The number of carbonyl (C=O) groups is 1. The van der Waals surface area contributed by atoms with E-state index in [1.54, 1.807) is 6.92 Å². The molecular weight excluding hydrogens is 426 g/mol. The summed E-state index contributed by atoms with van der Waals surface area (Å²) in [5.41, 5.74) is -0.291. The van der Waals surface area contributed by atoms with Crippen molar-refractivity contribution in [2.24, 2.45) is 0 Å². The Hall–Kier alpha value is -2.69. The highest BCUT2D eigenvalue weighted by Gasteiger charge is 2.45. The molecule has 1 aliphatic rings. The highest BCUT2D eigenvalue weighted by molar-refractivity contribution is 7.93. The smallest absolute Gasteiger partial charge is 0.313 e. The largest absolute Gasteiger partial charge is 0.416 e. The Morgan fingerprint density at radius 1 is 1.20 bits per heavy atom. The van der Waals surface area contributed by atoms with Crippen LogP contribution in [0.5, 0.6) is 0 Å². The number of halogens is 4. The van der Waals surface area contributed by atoms with E-state index >= 15 is 0 Å². The van der Waals surface area contributed by atoms with Crippen LogP contribution in [0.4, 0.5) is 29.1 Å². The molecule has 1 aromatic carbocycles. The van der Waals surface area contributed by atoms with Crippen molar-refractivity contribution in [2.75, 3.05) is 22.0 Å². The summed E-state index contributed by atoms with van der Waals surface area (Å²) in [5, 5.41) is 0. The molecule has 30 heavy (non-hydrogen) atoms. The number of sulfonamides is 1. The summed E-state index contributed by atoms with van der Waals surface area (Å²) in [6, 6.07) is 3.94. The van der Waals surface area contributed by atoms with Gasteiger partial charge in [-0.05, 0) is 50.1 Å². The number of likely N-dealkylation sites (N-methyl/N-ethyl adjacent to an activating group) is 1. The Labute approximate surface area is 171 Å². The van der Waals surface area contributed by atoms with Crippen LogP contribution in [0, 0.1) is 19.7 Å². The fraction of sp³-hybridized carbons (Fsp3) is 0.368. The van der Waals surface area contributed by atoms with Gasteiger partial charge in [0.15, 0.2) is 0 Å². The molecule has 1 aliphatic heterocycles. The molecule has 2 heterocycles. The third-order valence-corrected chi connectivity index (χ3v) is 6.67. The number of benzene rings is 1. The van der Waals surface area contributed by atoms with Crippen LogP contribution in [-0.4, -0.2) is 38.2 Å². The molecule has 0 bridgehead atoms. The summed E-state index contributed by atoms with van der Waals surface area (Å²) < 4.78 is 79.1. The number of hydrogen-bond donors (Lipinski definition) is 0. The average molecular weight is 445 g/mol. The first kappa shape index (κ1) is 22.0. The fourth-order valence-electron chi connectivity index (χ4n) is 3.41. The fourth-order valence-corrected chi connectivity index (χ4v) is 5.09. The van der Waals surface area contributed by atoms with Gasteiger partial charge in [-0.15, -0.1) is 0 Å². The highest BCUT2D eigenvalue weighted by Crippen LogP contribution is 2.35. The molecule has 0 radical (unpaired) electrons. The lowest BCUT2D eigenvalue weighted by Crippen LogP contribution is -2.46. The summed E-state index contributed by atoms with van der Waals surface area (Å²) in [6.07, 6.45) is -4.84. The van der Waals surface area contributed by atoms with Gasteiger partial charge in [0.1, 0.15) is 17.7 Å². The number of anilines is 2. The molecule has 1 saturated heterocycles. The quantitative estimate of drug-likeness (QED) is 0.679. The molecule has 1 atom stereocenters. The molecule has 6 nitrogen and oxygen atoms in total. The van der Waals surface area contributed by atoms with Crippen LogP contribution in [-0.2, 0) is 21.0 Å². The number of aromatic nitrogens is 1. The molecule has 0 aliphatic carbocycles. The van der Waals surface area contributed by atoms with E-state index in [1.807, 2.05) is 0 Å². The van der Waals surface area contributed by atoms with Crippen molar-refractivity contribution >= 4 is 27.4 Å². The van der Waals surface area contributed by atoms with Crippen molar-refractivity contribution in [3.05, 3.63) is 53.0 Å². The number of carbonyl (C=O) groups excluding carboxylic acids is 1. The van der Waals surface area contributed by atoms with E-state index in [0.29, 0.717) is 15.9 Å². The molecule has 0 unspecified atom stereocenters. The molecule has 0 spiro atoms. The van der Waals surface area contributed by atoms with Crippen molar-refractivity contribution in [2.45, 2.75) is 32.5 Å². The lowest BCUT2D eigenvalue weighted by atomic mass is 10.1. The second-order valence-electron chi connectivity index (χ2n) is 7.10. The van der Waals surface area contributed by atoms with Gasteiger partial charge in [0.05, 0.1) is 11.3 Å². The highest BCUT2D eigenvalue weighted by atomic mass is 32.2. The van der Waals surface area contributed by atoms with Crippen molar-refractivity contribution in [3.63, 3.8) is 0 Å². The Kier molecular flexibility index (Phi) is 5.52. The molecule has 162 valence electrons. The van der Waals surface area contributed by atoms with Gasteiger partial charge < -0.3 is 4.90 Å². The maximum absolute atomic E-state index is 13.7. The molecule has 0 saturated carbocycles.